The van der Waals surface area contributed by atoms with Crippen molar-refractivity contribution in [2.45, 2.75) is 26.4 Å². The van der Waals surface area contributed by atoms with Crippen LogP contribution in [0.5, 0.6) is 0 Å². The van der Waals surface area contributed by atoms with E-state index in [0.717, 1.165) is 18.5 Å². The molecule has 2 aromatic rings. The van der Waals surface area contributed by atoms with Crippen molar-refractivity contribution in [3.8, 4) is 0 Å². The number of nitrogen functional groups attached to an aromatic ring is 1. The van der Waals surface area contributed by atoms with E-state index >= 15 is 0 Å². The minimum atomic E-state index is 0.679. The van der Waals surface area contributed by atoms with Gasteiger partial charge in [-0.3, -0.25) is 4.68 Å². The van der Waals surface area contributed by atoms with Crippen LogP contribution in [0.3, 0.4) is 0 Å². The highest BCUT2D eigenvalue weighted by molar-refractivity contribution is 5.27. The monoisotopic (exact) mass is 205 g/mol. The zero-order valence-electron chi connectivity index (χ0n) is 8.80. The molecule has 0 aliphatic carbocycles. The van der Waals surface area contributed by atoms with Gasteiger partial charge in [-0.05, 0) is 12.5 Å². The molecule has 15 heavy (non-hydrogen) atoms. The third-order valence-electron chi connectivity index (χ3n) is 2.22. The molecule has 0 saturated heterocycles. The van der Waals surface area contributed by atoms with Gasteiger partial charge in [0.1, 0.15) is 5.82 Å². The summed E-state index contributed by atoms with van der Waals surface area (Å²) in [6, 6.07) is 1.79. The number of hydrogen-bond donors (Lipinski definition) is 1. The Morgan fingerprint density at radius 1 is 1.40 bits per heavy atom. The van der Waals surface area contributed by atoms with Gasteiger partial charge in [-0.1, -0.05) is 6.92 Å². The number of nitrogens with zero attached hydrogens (tertiary/aromatic N) is 4. The number of nitrogens with two attached hydrogens (primary N) is 1. The van der Waals surface area contributed by atoms with E-state index in [0.29, 0.717) is 12.4 Å². The summed E-state index contributed by atoms with van der Waals surface area (Å²) in [6.07, 6.45) is 6.68. The maximum atomic E-state index is 5.73. The first kappa shape index (κ1) is 9.76. The van der Waals surface area contributed by atoms with Crippen molar-refractivity contribution >= 4 is 5.82 Å². The summed E-state index contributed by atoms with van der Waals surface area (Å²) < 4.78 is 3.70. The van der Waals surface area contributed by atoms with Gasteiger partial charge in [-0.2, -0.15) is 10.2 Å². The molecule has 2 N–H and O–H groups in total. The van der Waals surface area contributed by atoms with Crippen molar-refractivity contribution in [2.24, 2.45) is 0 Å². The van der Waals surface area contributed by atoms with E-state index < -0.39 is 0 Å². The first-order chi connectivity index (χ1) is 7.29. The Morgan fingerprint density at radius 2 is 2.27 bits per heavy atom. The van der Waals surface area contributed by atoms with Gasteiger partial charge in [0, 0.05) is 18.3 Å². The van der Waals surface area contributed by atoms with E-state index in [2.05, 4.69) is 17.1 Å². The van der Waals surface area contributed by atoms with Crippen molar-refractivity contribution < 1.29 is 0 Å². The third kappa shape index (κ3) is 2.18. The van der Waals surface area contributed by atoms with Gasteiger partial charge in [0.2, 0.25) is 0 Å². The molecule has 0 atom stereocenters. The maximum Gasteiger partial charge on any atom is 0.122 e. The zero-order chi connectivity index (χ0) is 10.7. The van der Waals surface area contributed by atoms with E-state index in [4.69, 9.17) is 5.73 Å². The molecule has 2 rings (SSSR count). The Kier molecular flexibility index (Phi) is 2.71. The molecule has 0 bridgehead atoms. The van der Waals surface area contributed by atoms with Crippen LogP contribution < -0.4 is 5.73 Å². The standard InChI is InChI=1S/C10H15N5/c1-2-5-14-7-9(6-13-14)8-15-10(11)3-4-12-15/h3-4,6-7H,2,5,8,11H2,1H3. The number of rotatable bonds is 4. The van der Waals surface area contributed by atoms with Gasteiger partial charge in [0.15, 0.2) is 0 Å². The first-order valence-electron chi connectivity index (χ1n) is 5.08. The van der Waals surface area contributed by atoms with Crippen LogP contribution in [0.25, 0.3) is 0 Å². The molecule has 0 aliphatic heterocycles. The average Bonchev–Trinajstić information content (AvgIpc) is 2.79. The highest BCUT2D eigenvalue weighted by Gasteiger charge is 2.02. The summed E-state index contributed by atoms with van der Waals surface area (Å²) in [5, 5.41) is 8.37. The molecule has 5 heteroatoms. The van der Waals surface area contributed by atoms with Crippen LogP contribution in [-0.2, 0) is 13.1 Å². The summed E-state index contributed by atoms with van der Waals surface area (Å²) in [5.74, 6) is 0.679. The van der Waals surface area contributed by atoms with E-state index in [1.54, 1.807) is 16.9 Å². The molecule has 2 heterocycles. The van der Waals surface area contributed by atoms with Crippen LogP contribution in [0.2, 0.25) is 0 Å². The van der Waals surface area contributed by atoms with Crippen LogP contribution >= 0.6 is 0 Å². The second-order valence-corrected chi connectivity index (χ2v) is 3.53. The fourth-order valence-corrected chi connectivity index (χ4v) is 1.49. The molecule has 2 aromatic heterocycles. The molecule has 5 nitrogen and oxygen atoms in total. The maximum absolute atomic E-state index is 5.73. The van der Waals surface area contributed by atoms with Gasteiger partial charge in [-0.25, -0.2) is 4.68 Å². The van der Waals surface area contributed by atoms with Gasteiger partial charge in [-0.15, -0.1) is 0 Å². The highest BCUT2D eigenvalue weighted by Crippen LogP contribution is 2.06. The molecular weight excluding hydrogens is 190 g/mol. The van der Waals surface area contributed by atoms with Crippen molar-refractivity contribution in [3.63, 3.8) is 0 Å². The second kappa shape index (κ2) is 4.16. The number of aromatic nitrogens is 4. The Labute approximate surface area is 88.5 Å². The Morgan fingerprint density at radius 3 is 2.93 bits per heavy atom. The lowest BCUT2D eigenvalue weighted by Gasteiger charge is -2.00. The number of anilines is 1. The van der Waals surface area contributed by atoms with Crippen molar-refractivity contribution in [2.75, 3.05) is 5.73 Å². The van der Waals surface area contributed by atoms with Crippen LogP contribution in [0, 0.1) is 0 Å². The molecule has 0 spiro atoms. The first-order valence-corrected chi connectivity index (χ1v) is 5.08. The SMILES string of the molecule is CCCn1cc(Cn2nccc2N)cn1. The van der Waals surface area contributed by atoms with Crippen LogP contribution in [0.15, 0.2) is 24.7 Å². The van der Waals surface area contributed by atoms with E-state index in [-0.39, 0.29) is 0 Å². The van der Waals surface area contributed by atoms with E-state index in [1.165, 1.54) is 0 Å². The summed E-state index contributed by atoms with van der Waals surface area (Å²) >= 11 is 0. The minimum Gasteiger partial charge on any atom is -0.384 e. The second-order valence-electron chi connectivity index (χ2n) is 3.53. The molecule has 0 radical (unpaired) electrons. The number of hydrogen-bond acceptors (Lipinski definition) is 3. The lowest BCUT2D eigenvalue weighted by atomic mass is 10.3. The molecule has 0 fully saturated rings. The zero-order valence-corrected chi connectivity index (χ0v) is 8.80. The molecule has 0 amide bonds. The topological polar surface area (TPSA) is 61.7 Å². The van der Waals surface area contributed by atoms with Gasteiger partial charge < -0.3 is 5.73 Å². The van der Waals surface area contributed by atoms with E-state index in [1.807, 2.05) is 17.1 Å². The molecule has 0 aromatic carbocycles. The summed E-state index contributed by atoms with van der Waals surface area (Å²) in [6.45, 7) is 3.77. The summed E-state index contributed by atoms with van der Waals surface area (Å²) in [4.78, 5) is 0. The van der Waals surface area contributed by atoms with Crippen molar-refractivity contribution in [3.05, 3.63) is 30.2 Å². The van der Waals surface area contributed by atoms with Crippen molar-refractivity contribution in [1.82, 2.24) is 19.6 Å². The van der Waals surface area contributed by atoms with Gasteiger partial charge in [0.05, 0.1) is 18.9 Å². The lowest BCUT2D eigenvalue weighted by Crippen LogP contribution is -2.05. The Bertz CT molecular complexity index is 428. The normalized spacial score (nSPS) is 10.7. The van der Waals surface area contributed by atoms with Crippen LogP contribution in [0.4, 0.5) is 5.82 Å². The fraction of sp³-hybridized carbons (Fsp3) is 0.400. The summed E-state index contributed by atoms with van der Waals surface area (Å²) in [7, 11) is 0. The predicted octanol–water partition coefficient (Wildman–Crippen LogP) is 1.12. The fourth-order valence-electron chi connectivity index (χ4n) is 1.49. The molecule has 0 aliphatic rings. The van der Waals surface area contributed by atoms with Gasteiger partial charge in [0.25, 0.3) is 0 Å². The number of aryl methyl sites for hydroxylation is 1. The smallest absolute Gasteiger partial charge is 0.122 e. The van der Waals surface area contributed by atoms with Crippen LogP contribution in [-0.4, -0.2) is 19.6 Å². The predicted molar refractivity (Wildman–Crippen MR) is 58.3 cm³/mol. The lowest BCUT2D eigenvalue weighted by molar-refractivity contribution is 0.601. The Balaban J connectivity index is 2.08. The molecule has 0 unspecified atom stereocenters. The van der Waals surface area contributed by atoms with Crippen molar-refractivity contribution in [1.29, 1.82) is 0 Å². The quantitative estimate of drug-likeness (QED) is 0.813. The third-order valence-corrected chi connectivity index (χ3v) is 2.22. The molecule has 80 valence electrons. The minimum absolute atomic E-state index is 0.679. The molecule has 0 saturated carbocycles. The average molecular weight is 205 g/mol. The highest BCUT2D eigenvalue weighted by atomic mass is 15.3. The largest absolute Gasteiger partial charge is 0.384 e. The Hall–Kier alpha value is -1.78. The molecular formula is C10H15N5. The van der Waals surface area contributed by atoms with Crippen LogP contribution in [0.1, 0.15) is 18.9 Å². The summed E-state index contributed by atoms with van der Waals surface area (Å²) in [5.41, 5.74) is 6.85. The van der Waals surface area contributed by atoms with Gasteiger partial charge >= 0.3 is 0 Å². The van der Waals surface area contributed by atoms with E-state index in [9.17, 15) is 0 Å².